The minimum atomic E-state index is -0.287. The maximum Gasteiger partial charge on any atom is 0.315 e. The minimum Gasteiger partial charge on any atom is -0.497 e. The van der Waals surface area contributed by atoms with Crippen LogP contribution in [0.4, 0.5) is 10.5 Å². The van der Waals surface area contributed by atoms with Crippen LogP contribution in [0, 0.1) is 0 Å². The van der Waals surface area contributed by atoms with E-state index < -0.39 is 0 Å². The van der Waals surface area contributed by atoms with Crippen molar-refractivity contribution in [2.75, 3.05) is 39.3 Å². The van der Waals surface area contributed by atoms with E-state index in [9.17, 15) is 9.59 Å². The summed E-state index contributed by atoms with van der Waals surface area (Å²) in [7, 11) is 4.78. The summed E-state index contributed by atoms with van der Waals surface area (Å²) in [5.41, 5.74) is 1.81. The van der Waals surface area contributed by atoms with Gasteiger partial charge >= 0.3 is 6.03 Å². The molecule has 1 aliphatic rings. The molecule has 0 saturated carbocycles. The predicted octanol–water partition coefficient (Wildman–Crippen LogP) is 2.36. The molecule has 1 fully saturated rings. The van der Waals surface area contributed by atoms with E-state index in [0.29, 0.717) is 31.0 Å². The molecule has 8 heteroatoms. The summed E-state index contributed by atoms with van der Waals surface area (Å²) in [6.45, 7) is 0.901. The van der Waals surface area contributed by atoms with E-state index in [0.717, 1.165) is 17.0 Å². The number of nitrogens with one attached hydrogen (secondary N) is 2. The standard InChI is InChI=1S/C22H27N3O5/c1-28-18-7-5-17(6-8-18)25-14-16(13-21(25)26)24-22(27)23-11-10-15-4-9-19(29-2)20(12-15)30-3/h4-9,12,16H,10-11,13-14H2,1-3H3,(H2,23,24,27)/t16-/m1/s1. The molecule has 2 aromatic rings. The maximum absolute atomic E-state index is 12.3. The Bertz CT molecular complexity index is 885. The van der Waals surface area contributed by atoms with Crippen LogP contribution < -0.4 is 29.7 Å². The van der Waals surface area contributed by atoms with Crippen molar-refractivity contribution in [2.24, 2.45) is 0 Å². The molecule has 0 radical (unpaired) electrons. The Hall–Kier alpha value is -3.42. The number of methoxy groups -OCH3 is 3. The van der Waals surface area contributed by atoms with Crippen molar-refractivity contribution < 1.29 is 23.8 Å². The number of carbonyl (C=O) groups is 2. The third kappa shape index (κ3) is 5.14. The molecular formula is C22H27N3O5. The molecule has 0 bridgehead atoms. The lowest BCUT2D eigenvalue weighted by molar-refractivity contribution is -0.117. The second-order valence-corrected chi connectivity index (χ2v) is 6.94. The Morgan fingerprint density at radius 3 is 2.43 bits per heavy atom. The number of rotatable bonds is 8. The van der Waals surface area contributed by atoms with Crippen LogP contribution in [0.5, 0.6) is 17.2 Å². The van der Waals surface area contributed by atoms with E-state index in [1.54, 1.807) is 26.2 Å². The Kier molecular flexibility index (Phi) is 7.00. The summed E-state index contributed by atoms with van der Waals surface area (Å²) < 4.78 is 15.7. The zero-order chi connectivity index (χ0) is 21.5. The minimum absolute atomic E-state index is 0.0178. The van der Waals surface area contributed by atoms with Crippen LogP contribution in [0.15, 0.2) is 42.5 Å². The number of hydrogen-bond donors (Lipinski definition) is 2. The molecule has 8 nitrogen and oxygen atoms in total. The van der Waals surface area contributed by atoms with Gasteiger partial charge in [0.2, 0.25) is 5.91 Å². The van der Waals surface area contributed by atoms with E-state index >= 15 is 0 Å². The Morgan fingerprint density at radius 1 is 1.03 bits per heavy atom. The van der Waals surface area contributed by atoms with Crippen LogP contribution >= 0.6 is 0 Å². The molecule has 0 aromatic heterocycles. The monoisotopic (exact) mass is 413 g/mol. The van der Waals surface area contributed by atoms with E-state index in [2.05, 4.69) is 10.6 Å². The van der Waals surface area contributed by atoms with Gasteiger partial charge in [0, 0.05) is 25.2 Å². The van der Waals surface area contributed by atoms with Crippen molar-refractivity contribution in [1.29, 1.82) is 0 Å². The molecule has 1 aliphatic heterocycles. The SMILES string of the molecule is COc1ccc(N2C[C@H](NC(=O)NCCc3ccc(OC)c(OC)c3)CC2=O)cc1. The summed E-state index contributed by atoms with van der Waals surface area (Å²) in [4.78, 5) is 26.2. The van der Waals surface area contributed by atoms with Crippen LogP contribution in [-0.2, 0) is 11.2 Å². The van der Waals surface area contributed by atoms with E-state index in [-0.39, 0.29) is 24.4 Å². The van der Waals surface area contributed by atoms with Crippen molar-refractivity contribution in [3.05, 3.63) is 48.0 Å². The van der Waals surface area contributed by atoms with Gasteiger partial charge in [0.1, 0.15) is 5.75 Å². The normalized spacial score (nSPS) is 15.6. The van der Waals surface area contributed by atoms with Gasteiger partial charge in [-0.15, -0.1) is 0 Å². The number of ether oxygens (including phenoxy) is 3. The maximum atomic E-state index is 12.3. The van der Waals surface area contributed by atoms with Crippen LogP contribution in [0.3, 0.4) is 0 Å². The molecule has 1 heterocycles. The number of carbonyl (C=O) groups excluding carboxylic acids is 2. The highest BCUT2D eigenvalue weighted by atomic mass is 16.5. The molecule has 3 rings (SSSR count). The summed E-state index contributed by atoms with van der Waals surface area (Å²) in [5, 5.41) is 5.72. The summed E-state index contributed by atoms with van der Waals surface area (Å²) in [5.74, 6) is 2.03. The lowest BCUT2D eigenvalue weighted by atomic mass is 10.1. The second kappa shape index (κ2) is 9.87. The number of anilines is 1. The second-order valence-electron chi connectivity index (χ2n) is 6.94. The fourth-order valence-corrected chi connectivity index (χ4v) is 3.41. The molecule has 1 saturated heterocycles. The molecule has 1 atom stereocenters. The summed E-state index contributed by atoms with van der Waals surface area (Å²) >= 11 is 0. The first-order valence-electron chi connectivity index (χ1n) is 9.73. The van der Waals surface area contributed by atoms with Crippen LogP contribution in [-0.4, -0.2) is 52.4 Å². The first-order valence-corrected chi connectivity index (χ1v) is 9.73. The quantitative estimate of drug-likeness (QED) is 0.694. The van der Waals surface area contributed by atoms with Gasteiger partial charge in [-0.1, -0.05) is 6.07 Å². The number of urea groups is 1. The average Bonchev–Trinajstić information content (AvgIpc) is 3.13. The van der Waals surface area contributed by atoms with Gasteiger partial charge in [-0.05, 0) is 48.4 Å². The zero-order valence-electron chi connectivity index (χ0n) is 17.4. The van der Waals surface area contributed by atoms with Gasteiger partial charge in [0.25, 0.3) is 0 Å². The van der Waals surface area contributed by atoms with E-state index in [1.165, 1.54) is 0 Å². The molecule has 30 heavy (non-hydrogen) atoms. The Labute approximate surface area is 176 Å². The first kappa shape index (κ1) is 21.3. The molecule has 0 unspecified atom stereocenters. The number of benzene rings is 2. The lowest BCUT2D eigenvalue weighted by Crippen LogP contribution is -2.43. The van der Waals surface area contributed by atoms with Gasteiger partial charge in [0.15, 0.2) is 11.5 Å². The van der Waals surface area contributed by atoms with E-state index in [1.807, 2.05) is 42.5 Å². The molecular weight excluding hydrogens is 386 g/mol. The van der Waals surface area contributed by atoms with Crippen molar-refractivity contribution in [3.8, 4) is 17.2 Å². The first-order chi connectivity index (χ1) is 14.5. The molecule has 0 aliphatic carbocycles. The van der Waals surface area contributed by atoms with E-state index in [4.69, 9.17) is 14.2 Å². The molecule has 2 aromatic carbocycles. The topological polar surface area (TPSA) is 89.1 Å². The van der Waals surface area contributed by atoms with Crippen molar-refractivity contribution >= 4 is 17.6 Å². The average molecular weight is 413 g/mol. The third-order valence-corrected chi connectivity index (χ3v) is 4.99. The Morgan fingerprint density at radius 2 is 1.77 bits per heavy atom. The van der Waals surface area contributed by atoms with Crippen molar-refractivity contribution in [2.45, 2.75) is 18.9 Å². The van der Waals surface area contributed by atoms with Crippen molar-refractivity contribution in [3.63, 3.8) is 0 Å². The lowest BCUT2D eigenvalue weighted by Gasteiger charge is -2.18. The van der Waals surface area contributed by atoms with Gasteiger partial charge in [0.05, 0.1) is 27.4 Å². The van der Waals surface area contributed by atoms with Gasteiger partial charge in [-0.2, -0.15) is 0 Å². The smallest absolute Gasteiger partial charge is 0.315 e. The fourth-order valence-electron chi connectivity index (χ4n) is 3.41. The predicted molar refractivity (Wildman–Crippen MR) is 114 cm³/mol. The zero-order valence-corrected chi connectivity index (χ0v) is 17.4. The van der Waals surface area contributed by atoms with Crippen LogP contribution in [0.2, 0.25) is 0 Å². The van der Waals surface area contributed by atoms with Gasteiger partial charge < -0.3 is 29.7 Å². The number of hydrogen-bond acceptors (Lipinski definition) is 5. The van der Waals surface area contributed by atoms with Crippen LogP contribution in [0.1, 0.15) is 12.0 Å². The number of nitrogens with zero attached hydrogens (tertiary/aromatic N) is 1. The molecule has 160 valence electrons. The third-order valence-electron chi connectivity index (χ3n) is 4.99. The highest BCUT2D eigenvalue weighted by Crippen LogP contribution is 2.27. The highest BCUT2D eigenvalue weighted by molar-refractivity contribution is 5.96. The Balaban J connectivity index is 1.46. The molecule has 3 amide bonds. The fraction of sp³-hybridized carbons (Fsp3) is 0.364. The van der Waals surface area contributed by atoms with Gasteiger partial charge in [-0.3, -0.25) is 4.79 Å². The largest absolute Gasteiger partial charge is 0.497 e. The van der Waals surface area contributed by atoms with Crippen molar-refractivity contribution in [1.82, 2.24) is 10.6 Å². The molecule has 0 spiro atoms. The summed E-state index contributed by atoms with van der Waals surface area (Å²) in [6.07, 6.45) is 0.921. The van der Waals surface area contributed by atoms with Crippen LogP contribution in [0.25, 0.3) is 0 Å². The van der Waals surface area contributed by atoms with Gasteiger partial charge in [-0.25, -0.2) is 4.79 Å². The highest BCUT2D eigenvalue weighted by Gasteiger charge is 2.31. The molecule has 2 N–H and O–H groups in total. The summed E-state index contributed by atoms with van der Waals surface area (Å²) in [6, 6.07) is 12.4. The number of amides is 3.